The van der Waals surface area contributed by atoms with Crippen molar-refractivity contribution in [2.75, 3.05) is 6.61 Å². The Hall–Kier alpha value is -2.44. The van der Waals surface area contributed by atoms with E-state index in [1.165, 1.54) is 17.8 Å². The largest absolute Gasteiger partial charge is 0.504 e. The molecule has 2 aromatic rings. The van der Waals surface area contributed by atoms with Gasteiger partial charge in [0.2, 0.25) is 0 Å². The van der Waals surface area contributed by atoms with E-state index in [0.29, 0.717) is 33.1 Å². The van der Waals surface area contributed by atoms with Gasteiger partial charge in [-0.1, -0.05) is 29.8 Å². The molecule has 0 atom stereocenters. The lowest BCUT2D eigenvalue weighted by Crippen LogP contribution is -2.19. The van der Waals surface area contributed by atoms with Gasteiger partial charge in [-0.05, 0) is 54.6 Å². The number of amides is 1. The van der Waals surface area contributed by atoms with Gasteiger partial charge in [0.1, 0.15) is 0 Å². The Morgan fingerprint density at radius 3 is 2.88 bits per heavy atom. The number of nitrogens with zero attached hydrogens (tertiary/aromatic N) is 1. The van der Waals surface area contributed by atoms with Gasteiger partial charge in [-0.3, -0.25) is 4.79 Å². The van der Waals surface area contributed by atoms with Crippen molar-refractivity contribution in [3.63, 3.8) is 0 Å². The van der Waals surface area contributed by atoms with Crippen LogP contribution in [-0.4, -0.2) is 22.8 Å². The summed E-state index contributed by atoms with van der Waals surface area (Å²) in [6.07, 6.45) is 1.72. The smallest absolute Gasteiger partial charge is 0.264 e. The van der Waals surface area contributed by atoms with Gasteiger partial charge >= 0.3 is 0 Å². The van der Waals surface area contributed by atoms with Crippen LogP contribution < -0.4 is 10.1 Å². The number of aromatic hydroxyl groups is 1. The number of benzene rings is 2. The minimum atomic E-state index is -0.234. The molecule has 0 saturated carbocycles. The van der Waals surface area contributed by atoms with Crippen LogP contribution in [0.3, 0.4) is 0 Å². The summed E-state index contributed by atoms with van der Waals surface area (Å²) in [6, 6.07) is 12.1. The molecule has 1 saturated heterocycles. The molecule has 25 heavy (non-hydrogen) atoms. The van der Waals surface area contributed by atoms with Gasteiger partial charge in [-0.2, -0.15) is 0 Å². The molecule has 1 heterocycles. The second-order valence-electron chi connectivity index (χ2n) is 5.09. The fourth-order valence-corrected chi connectivity index (χ4v) is 3.19. The van der Waals surface area contributed by atoms with Crippen molar-refractivity contribution in [1.29, 1.82) is 0 Å². The number of amidine groups is 1. The number of hydrogen-bond donors (Lipinski definition) is 2. The molecule has 0 aliphatic carbocycles. The number of nitrogens with one attached hydrogen (secondary N) is 1. The zero-order chi connectivity index (χ0) is 17.8. The van der Waals surface area contributed by atoms with Crippen LogP contribution >= 0.6 is 23.4 Å². The second-order valence-corrected chi connectivity index (χ2v) is 6.53. The minimum absolute atomic E-state index is 0.0634. The van der Waals surface area contributed by atoms with E-state index in [1.54, 1.807) is 30.3 Å². The van der Waals surface area contributed by atoms with E-state index in [9.17, 15) is 9.90 Å². The highest BCUT2D eigenvalue weighted by molar-refractivity contribution is 8.18. The Morgan fingerprint density at radius 2 is 2.12 bits per heavy atom. The summed E-state index contributed by atoms with van der Waals surface area (Å²) in [5.41, 5.74) is 1.34. The Bertz CT molecular complexity index is 880. The van der Waals surface area contributed by atoms with Gasteiger partial charge in [0, 0.05) is 0 Å². The molecule has 3 rings (SSSR count). The van der Waals surface area contributed by atoms with Crippen molar-refractivity contribution >= 4 is 46.2 Å². The molecule has 0 spiro atoms. The molecule has 7 heteroatoms. The molecule has 5 nitrogen and oxygen atoms in total. The number of aliphatic imine (C=N–C) groups is 1. The Kier molecular flexibility index (Phi) is 5.31. The third-order valence-electron chi connectivity index (χ3n) is 3.31. The van der Waals surface area contributed by atoms with Gasteiger partial charge < -0.3 is 15.2 Å². The lowest BCUT2D eigenvalue weighted by molar-refractivity contribution is -0.115. The highest BCUT2D eigenvalue weighted by Crippen LogP contribution is 2.32. The molecule has 0 radical (unpaired) electrons. The number of phenols is 1. The Labute approximate surface area is 154 Å². The van der Waals surface area contributed by atoms with Gasteiger partial charge in [-0.25, -0.2) is 4.99 Å². The molecule has 1 fully saturated rings. The number of para-hydroxylation sites is 1. The van der Waals surface area contributed by atoms with Crippen LogP contribution in [0.2, 0.25) is 5.02 Å². The number of carbonyl (C=O) groups is 1. The zero-order valence-corrected chi connectivity index (χ0v) is 14.9. The molecular formula is C18H15ClN2O3S. The van der Waals surface area contributed by atoms with E-state index in [-0.39, 0.29) is 11.7 Å². The van der Waals surface area contributed by atoms with Crippen molar-refractivity contribution in [2.45, 2.75) is 6.92 Å². The number of carbonyl (C=O) groups excluding carboxylic acids is 1. The van der Waals surface area contributed by atoms with Crippen LogP contribution in [0.15, 0.2) is 52.4 Å². The van der Waals surface area contributed by atoms with E-state index in [1.807, 2.05) is 19.1 Å². The third-order valence-corrected chi connectivity index (χ3v) is 4.54. The van der Waals surface area contributed by atoms with Gasteiger partial charge in [0.25, 0.3) is 5.91 Å². The fraction of sp³-hybridized carbons (Fsp3) is 0.111. The summed E-state index contributed by atoms with van der Waals surface area (Å²) in [5, 5.41) is 13.4. The molecule has 2 N–H and O–H groups in total. The standard InChI is InChI=1S/C18H15ClN2O3S/c1-2-24-15-9-11(7-8-14(15)22)10-16-17(23)21-18(25-16)20-13-6-4-3-5-12(13)19/h3-10,22H,2H2,1H3,(H,20,21,23). The molecule has 2 aromatic carbocycles. The summed E-state index contributed by atoms with van der Waals surface area (Å²) in [5.74, 6) is 0.209. The Morgan fingerprint density at radius 1 is 1.32 bits per heavy atom. The van der Waals surface area contributed by atoms with Gasteiger partial charge in [0.15, 0.2) is 16.7 Å². The van der Waals surface area contributed by atoms with Gasteiger partial charge in [0.05, 0.1) is 22.2 Å². The van der Waals surface area contributed by atoms with Crippen molar-refractivity contribution in [2.24, 2.45) is 4.99 Å². The first-order chi connectivity index (χ1) is 12.1. The maximum Gasteiger partial charge on any atom is 0.264 e. The van der Waals surface area contributed by atoms with Crippen molar-refractivity contribution < 1.29 is 14.6 Å². The van der Waals surface area contributed by atoms with Crippen LogP contribution in [0.25, 0.3) is 6.08 Å². The summed E-state index contributed by atoms with van der Waals surface area (Å²) in [6.45, 7) is 2.28. The number of halogens is 1. The van der Waals surface area contributed by atoms with E-state index < -0.39 is 0 Å². The predicted octanol–water partition coefficient (Wildman–Crippen LogP) is 4.34. The SMILES string of the molecule is CCOc1cc(C=C2SC(=Nc3ccccc3Cl)NC2=O)ccc1O. The van der Waals surface area contributed by atoms with E-state index in [0.717, 1.165) is 5.56 Å². The maximum atomic E-state index is 12.1. The zero-order valence-electron chi connectivity index (χ0n) is 13.3. The molecule has 128 valence electrons. The predicted molar refractivity (Wildman–Crippen MR) is 102 cm³/mol. The summed E-state index contributed by atoms with van der Waals surface area (Å²) < 4.78 is 5.36. The number of rotatable bonds is 4. The summed E-state index contributed by atoms with van der Waals surface area (Å²) >= 11 is 7.31. The maximum absolute atomic E-state index is 12.1. The first-order valence-electron chi connectivity index (χ1n) is 7.56. The minimum Gasteiger partial charge on any atom is -0.504 e. The second kappa shape index (κ2) is 7.63. The lowest BCUT2D eigenvalue weighted by Gasteiger charge is -2.06. The molecule has 1 aliphatic heterocycles. The average molecular weight is 375 g/mol. The van der Waals surface area contributed by atoms with Crippen molar-refractivity contribution in [3.05, 3.63) is 58.0 Å². The molecular weight excluding hydrogens is 360 g/mol. The van der Waals surface area contributed by atoms with Crippen molar-refractivity contribution in [3.8, 4) is 11.5 Å². The van der Waals surface area contributed by atoms with E-state index in [2.05, 4.69) is 10.3 Å². The summed E-state index contributed by atoms with van der Waals surface area (Å²) in [4.78, 5) is 17.0. The van der Waals surface area contributed by atoms with Crippen LogP contribution in [0.5, 0.6) is 11.5 Å². The highest BCUT2D eigenvalue weighted by atomic mass is 35.5. The molecule has 0 aromatic heterocycles. The van der Waals surface area contributed by atoms with Crippen molar-refractivity contribution in [1.82, 2.24) is 5.32 Å². The normalized spacial score (nSPS) is 17.1. The monoisotopic (exact) mass is 374 g/mol. The Balaban J connectivity index is 1.84. The van der Waals surface area contributed by atoms with Crippen LogP contribution in [-0.2, 0) is 4.79 Å². The average Bonchev–Trinajstić information content (AvgIpc) is 2.92. The van der Waals surface area contributed by atoms with Gasteiger partial charge in [-0.15, -0.1) is 0 Å². The van der Waals surface area contributed by atoms with Crippen LogP contribution in [0.1, 0.15) is 12.5 Å². The first kappa shape index (κ1) is 17.4. The third kappa shape index (κ3) is 4.15. The molecule has 1 aliphatic rings. The van der Waals surface area contributed by atoms with Crippen LogP contribution in [0.4, 0.5) is 5.69 Å². The fourth-order valence-electron chi connectivity index (χ4n) is 2.18. The van der Waals surface area contributed by atoms with Crippen LogP contribution in [0, 0.1) is 0 Å². The summed E-state index contributed by atoms with van der Waals surface area (Å²) in [7, 11) is 0. The lowest BCUT2D eigenvalue weighted by atomic mass is 10.2. The molecule has 0 unspecified atom stereocenters. The van der Waals surface area contributed by atoms with E-state index in [4.69, 9.17) is 16.3 Å². The number of thioether (sulfide) groups is 1. The molecule has 0 bridgehead atoms. The van der Waals surface area contributed by atoms with E-state index >= 15 is 0 Å². The first-order valence-corrected chi connectivity index (χ1v) is 8.76. The number of phenolic OH excluding ortho intramolecular Hbond substituents is 1. The number of ether oxygens (including phenoxy) is 1. The topological polar surface area (TPSA) is 70.9 Å². The molecule has 1 amide bonds. The number of hydrogen-bond acceptors (Lipinski definition) is 5. The quantitative estimate of drug-likeness (QED) is 0.781. The highest BCUT2D eigenvalue weighted by Gasteiger charge is 2.24.